The summed E-state index contributed by atoms with van der Waals surface area (Å²) in [6.45, 7) is 2.29. The van der Waals surface area contributed by atoms with Crippen LogP contribution in [0.4, 0.5) is 13.2 Å². The molecule has 0 spiro atoms. The first-order valence-electron chi connectivity index (χ1n) is 6.41. The third-order valence-corrected chi connectivity index (χ3v) is 3.53. The Hall–Kier alpha value is -1.72. The minimum absolute atomic E-state index is 0.000491. The van der Waals surface area contributed by atoms with Crippen LogP contribution in [0, 0.1) is 0 Å². The second kappa shape index (κ2) is 5.73. The number of ether oxygens (including phenoxy) is 1. The summed E-state index contributed by atoms with van der Waals surface area (Å²) in [7, 11) is 1.59. The second-order valence-corrected chi connectivity index (χ2v) is 4.80. The summed E-state index contributed by atoms with van der Waals surface area (Å²) in [5.74, 6) is 0.755. The average molecular weight is 286 g/mol. The molecule has 110 valence electrons. The first-order chi connectivity index (χ1) is 9.41. The second-order valence-electron chi connectivity index (χ2n) is 4.80. The Morgan fingerprint density at radius 1 is 1.30 bits per heavy atom. The molecule has 2 rings (SSSR count). The minimum Gasteiger partial charge on any atom is -0.497 e. The molecule has 1 aromatic rings. The molecule has 1 aliphatic rings. The molecule has 0 aromatic heterocycles. The normalized spacial score (nSPS) is 20.9. The van der Waals surface area contributed by atoms with E-state index in [1.807, 2.05) is 36.1 Å². The largest absolute Gasteiger partial charge is 0.497 e. The lowest BCUT2D eigenvalue weighted by molar-refractivity contribution is -0.150. The van der Waals surface area contributed by atoms with Crippen molar-refractivity contribution in [1.82, 2.24) is 4.90 Å². The van der Waals surface area contributed by atoms with E-state index in [0.29, 0.717) is 6.54 Å². The molecule has 0 unspecified atom stereocenters. The van der Waals surface area contributed by atoms with E-state index in [2.05, 4.69) is 4.99 Å². The summed E-state index contributed by atoms with van der Waals surface area (Å²) < 4.78 is 42.7. The van der Waals surface area contributed by atoms with Gasteiger partial charge in [0.05, 0.1) is 19.5 Å². The predicted octanol–water partition coefficient (Wildman–Crippen LogP) is 3.42. The number of hydrogen-bond acceptors (Lipinski definition) is 3. The van der Waals surface area contributed by atoms with Gasteiger partial charge < -0.3 is 9.64 Å². The highest BCUT2D eigenvalue weighted by molar-refractivity contribution is 5.57. The van der Waals surface area contributed by atoms with Gasteiger partial charge in [0.15, 0.2) is 0 Å². The molecule has 20 heavy (non-hydrogen) atoms. The van der Waals surface area contributed by atoms with E-state index in [0.717, 1.165) is 11.3 Å². The van der Waals surface area contributed by atoms with Crippen LogP contribution >= 0.6 is 0 Å². The Bertz CT molecular complexity index is 470. The zero-order valence-corrected chi connectivity index (χ0v) is 11.4. The van der Waals surface area contributed by atoms with Gasteiger partial charge in [-0.1, -0.05) is 12.1 Å². The van der Waals surface area contributed by atoms with E-state index in [4.69, 9.17) is 4.74 Å². The fourth-order valence-electron chi connectivity index (χ4n) is 2.19. The van der Waals surface area contributed by atoms with Gasteiger partial charge in [0.2, 0.25) is 0 Å². The molecule has 0 saturated heterocycles. The van der Waals surface area contributed by atoms with Gasteiger partial charge in [0, 0.05) is 6.54 Å². The maximum atomic E-state index is 12.5. The Morgan fingerprint density at radius 2 is 1.95 bits per heavy atom. The molecule has 0 bridgehead atoms. The molecular formula is C14H17F3N2O. The number of alkyl halides is 3. The molecule has 0 saturated carbocycles. The van der Waals surface area contributed by atoms with Gasteiger partial charge in [-0.05, 0) is 31.0 Å². The van der Waals surface area contributed by atoms with Crippen molar-refractivity contribution in [2.45, 2.75) is 31.6 Å². The number of nitrogens with zero attached hydrogens (tertiary/aromatic N) is 2. The fraction of sp³-hybridized carbons (Fsp3) is 0.500. The molecule has 0 aliphatic carbocycles. The van der Waals surface area contributed by atoms with Crippen molar-refractivity contribution in [3.63, 3.8) is 0 Å². The van der Waals surface area contributed by atoms with E-state index in [1.54, 1.807) is 7.11 Å². The van der Waals surface area contributed by atoms with Crippen molar-refractivity contribution in [2.75, 3.05) is 13.7 Å². The smallest absolute Gasteiger partial charge is 0.410 e. The van der Waals surface area contributed by atoms with Gasteiger partial charge in [-0.3, -0.25) is 4.99 Å². The Kier molecular flexibility index (Phi) is 4.20. The van der Waals surface area contributed by atoms with Crippen LogP contribution in [0.2, 0.25) is 0 Å². The number of rotatable bonds is 3. The average Bonchev–Trinajstić information content (AvgIpc) is 2.46. The van der Waals surface area contributed by atoms with Gasteiger partial charge in [-0.15, -0.1) is 0 Å². The van der Waals surface area contributed by atoms with Crippen LogP contribution in [-0.2, 0) is 0 Å². The van der Waals surface area contributed by atoms with Gasteiger partial charge in [0.1, 0.15) is 11.8 Å². The topological polar surface area (TPSA) is 24.8 Å². The number of methoxy groups -OCH3 is 1. The van der Waals surface area contributed by atoms with Crippen molar-refractivity contribution in [2.24, 2.45) is 4.99 Å². The summed E-state index contributed by atoms with van der Waals surface area (Å²) in [6.07, 6.45) is -2.93. The third kappa shape index (κ3) is 3.23. The highest BCUT2D eigenvalue weighted by Gasteiger charge is 2.40. The Morgan fingerprint density at radius 3 is 2.40 bits per heavy atom. The molecule has 0 amide bonds. The van der Waals surface area contributed by atoms with Crippen LogP contribution in [-0.4, -0.2) is 37.1 Å². The molecule has 0 fully saturated rings. The van der Waals surface area contributed by atoms with Gasteiger partial charge in [-0.25, -0.2) is 0 Å². The number of hydrogen-bond donors (Lipinski definition) is 0. The third-order valence-electron chi connectivity index (χ3n) is 3.53. The first kappa shape index (κ1) is 14.7. The SMILES string of the molecule is COc1ccc([C@H](C)N2C=N[C@H](C(F)(F)F)CC2)cc1. The monoisotopic (exact) mass is 286 g/mol. The summed E-state index contributed by atoms with van der Waals surface area (Å²) in [5.41, 5.74) is 1.02. The van der Waals surface area contributed by atoms with Gasteiger partial charge in [0.25, 0.3) is 0 Å². The Balaban J connectivity index is 2.05. The van der Waals surface area contributed by atoms with Crippen LogP contribution in [0.1, 0.15) is 24.9 Å². The van der Waals surface area contributed by atoms with E-state index < -0.39 is 12.2 Å². The number of aliphatic imine (C=N–C) groups is 1. The molecule has 0 N–H and O–H groups in total. The summed E-state index contributed by atoms with van der Waals surface area (Å²) in [5, 5.41) is 0. The number of halogens is 3. The Labute approximate surface area is 116 Å². The maximum Gasteiger partial charge on any atom is 0.410 e. The van der Waals surface area contributed by atoms with Crippen molar-refractivity contribution in [3.8, 4) is 5.75 Å². The van der Waals surface area contributed by atoms with Gasteiger partial charge >= 0.3 is 6.18 Å². The molecule has 3 nitrogen and oxygen atoms in total. The van der Waals surface area contributed by atoms with Crippen LogP contribution in [0.25, 0.3) is 0 Å². The van der Waals surface area contributed by atoms with E-state index in [1.165, 1.54) is 6.34 Å². The lowest BCUT2D eigenvalue weighted by Gasteiger charge is -2.32. The lowest BCUT2D eigenvalue weighted by Crippen LogP contribution is -2.39. The zero-order valence-electron chi connectivity index (χ0n) is 11.4. The fourth-order valence-corrected chi connectivity index (χ4v) is 2.19. The van der Waals surface area contributed by atoms with Crippen LogP contribution < -0.4 is 4.74 Å². The maximum absolute atomic E-state index is 12.5. The van der Waals surface area contributed by atoms with Crippen molar-refractivity contribution in [1.29, 1.82) is 0 Å². The molecule has 2 atom stereocenters. The van der Waals surface area contributed by atoms with Crippen LogP contribution in [0.15, 0.2) is 29.3 Å². The number of benzene rings is 1. The lowest BCUT2D eigenvalue weighted by atomic mass is 10.1. The van der Waals surface area contributed by atoms with Crippen LogP contribution in [0.5, 0.6) is 5.75 Å². The standard InChI is InChI=1S/C14H17F3N2O/c1-10(11-3-5-12(20-2)6-4-11)19-8-7-13(18-9-19)14(15,16)17/h3-6,9-10,13H,7-8H2,1-2H3/t10-,13-/m0/s1. The molecule has 6 heteroatoms. The quantitative estimate of drug-likeness (QED) is 0.850. The highest BCUT2D eigenvalue weighted by atomic mass is 19.4. The van der Waals surface area contributed by atoms with E-state index in [-0.39, 0.29) is 12.5 Å². The van der Waals surface area contributed by atoms with Gasteiger partial charge in [-0.2, -0.15) is 13.2 Å². The van der Waals surface area contributed by atoms with E-state index in [9.17, 15) is 13.2 Å². The molecule has 1 heterocycles. The molecule has 1 aromatic carbocycles. The van der Waals surface area contributed by atoms with Crippen molar-refractivity contribution < 1.29 is 17.9 Å². The molecule has 0 radical (unpaired) electrons. The molecule has 1 aliphatic heterocycles. The summed E-state index contributed by atoms with van der Waals surface area (Å²) >= 11 is 0. The molecular weight excluding hydrogens is 269 g/mol. The summed E-state index contributed by atoms with van der Waals surface area (Å²) in [6, 6.07) is 5.91. The summed E-state index contributed by atoms with van der Waals surface area (Å²) in [4.78, 5) is 5.44. The minimum atomic E-state index is -4.24. The van der Waals surface area contributed by atoms with Crippen molar-refractivity contribution >= 4 is 6.34 Å². The first-order valence-corrected chi connectivity index (χ1v) is 6.41. The highest BCUT2D eigenvalue weighted by Crippen LogP contribution is 2.30. The zero-order chi connectivity index (χ0) is 14.8. The van der Waals surface area contributed by atoms with Crippen LogP contribution in [0.3, 0.4) is 0 Å². The van der Waals surface area contributed by atoms with Crippen molar-refractivity contribution in [3.05, 3.63) is 29.8 Å². The predicted molar refractivity (Wildman–Crippen MR) is 71.1 cm³/mol. The van der Waals surface area contributed by atoms with E-state index >= 15 is 0 Å².